The van der Waals surface area contributed by atoms with Crippen LogP contribution in [0.15, 0.2) is 48.5 Å². The second kappa shape index (κ2) is 8.23. The van der Waals surface area contributed by atoms with E-state index >= 15 is 0 Å². The van der Waals surface area contributed by atoms with E-state index in [9.17, 15) is 13.2 Å². The number of benzene rings is 2. The zero-order valence-corrected chi connectivity index (χ0v) is 16.6. The first kappa shape index (κ1) is 19.6. The van der Waals surface area contributed by atoms with Crippen molar-refractivity contribution >= 4 is 15.7 Å². The Morgan fingerprint density at radius 3 is 2.44 bits per heavy atom. The van der Waals surface area contributed by atoms with Gasteiger partial charge in [0.05, 0.1) is 5.75 Å². The van der Waals surface area contributed by atoms with Crippen molar-refractivity contribution < 1.29 is 13.2 Å². The van der Waals surface area contributed by atoms with Gasteiger partial charge in [-0.05, 0) is 42.2 Å². The average Bonchev–Trinajstić information content (AvgIpc) is 2.64. The van der Waals surface area contributed by atoms with E-state index in [0.29, 0.717) is 17.7 Å². The van der Waals surface area contributed by atoms with E-state index in [-0.39, 0.29) is 17.7 Å². The lowest BCUT2D eigenvalue weighted by Crippen LogP contribution is -2.44. The number of fused-ring (bicyclic) bond motifs is 1. The van der Waals surface area contributed by atoms with Crippen molar-refractivity contribution in [3.63, 3.8) is 0 Å². The zero-order valence-electron chi connectivity index (χ0n) is 15.8. The molecule has 2 aromatic carbocycles. The van der Waals surface area contributed by atoms with Gasteiger partial charge in [0.15, 0.2) is 9.84 Å². The van der Waals surface area contributed by atoms with Gasteiger partial charge in [-0.2, -0.15) is 0 Å². The maximum atomic E-state index is 12.4. The topological polar surface area (TPSA) is 66.5 Å². The fraction of sp³-hybridized carbons (Fsp3) is 0.381. The molecule has 0 bridgehead atoms. The number of amides is 1. The van der Waals surface area contributed by atoms with Crippen LogP contribution in [0.3, 0.4) is 0 Å². The van der Waals surface area contributed by atoms with Gasteiger partial charge in [0.25, 0.3) is 5.91 Å². The molecule has 1 aliphatic rings. The monoisotopic (exact) mass is 386 g/mol. The van der Waals surface area contributed by atoms with Gasteiger partial charge >= 0.3 is 0 Å². The summed E-state index contributed by atoms with van der Waals surface area (Å²) >= 11 is 0. The Morgan fingerprint density at radius 2 is 1.78 bits per heavy atom. The summed E-state index contributed by atoms with van der Waals surface area (Å²) in [4.78, 5) is 14.8. The molecule has 27 heavy (non-hydrogen) atoms. The highest BCUT2D eigenvalue weighted by Gasteiger charge is 2.20. The van der Waals surface area contributed by atoms with Gasteiger partial charge in [0, 0.05) is 37.5 Å². The number of carbonyl (C=O) groups is 1. The normalized spacial score (nSPS) is 15.8. The summed E-state index contributed by atoms with van der Waals surface area (Å²) in [6, 6.07) is 15.5. The van der Waals surface area contributed by atoms with Gasteiger partial charge in [-0.25, -0.2) is 8.42 Å². The van der Waals surface area contributed by atoms with Gasteiger partial charge in [0.1, 0.15) is 0 Å². The molecular weight excluding hydrogens is 360 g/mol. The van der Waals surface area contributed by atoms with Gasteiger partial charge < -0.3 is 5.32 Å². The molecule has 0 spiro atoms. The molecule has 1 unspecified atom stereocenters. The lowest BCUT2D eigenvalue weighted by Gasteiger charge is -2.33. The number of sulfone groups is 1. The molecule has 6 heteroatoms. The van der Waals surface area contributed by atoms with Crippen LogP contribution in [0.25, 0.3) is 0 Å². The average molecular weight is 387 g/mol. The fourth-order valence-corrected chi connectivity index (χ4v) is 4.22. The first-order valence-corrected chi connectivity index (χ1v) is 11.2. The van der Waals surface area contributed by atoms with Crippen LogP contribution in [0.1, 0.15) is 34.0 Å². The Morgan fingerprint density at radius 1 is 1.11 bits per heavy atom. The Hall–Kier alpha value is -2.18. The van der Waals surface area contributed by atoms with Gasteiger partial charge in [0.2, 0.25) is 0 Å². The SMILES string of the molecule is CC(CNC(=O)c1ccc(CS(C)(=O)=O)cc1)N1CCc2ccccc2C1. The van der Waals surface area contributed by atoms with Crippen LogP contribution in [0.4, 0.5) is 0 Å². The summed E-state index contributed by atoms with van der Waals surface area (Å²) in [7, 11) is -3.07. The molecule has 3 rings (SSSR count). The van der Waals surface area contributed by atoms with E-state index in [2.05, 4.69) is 41.4 Å². The summed E-state index contributed by atoms with van der Waals surface area (Å²) in [5, 5.41) is 2.99. The highest BCUT2D eigenvalue weighted by atomic mass is 32.2. The number of nitrogens with one attached hydrogen (secondary N) is 1. The molecule has 1 N–H and O–H groups in total. The van der Waals surface area contributed by atoms with Gasteiger partial charge in [-0.3, -0.25) is 9.69 Å². The van der Waals surface area contributed by atoms with Crippen molar-refractivity contribution in [3.05, 3.63) is 70.8 Å². The summed E-state index contributed by atoms with van der Waals surface area (Å²) in [5.41, 5.74) is 4.01. The van der Waals surface area contributed by atoms with Gasteiger partial charge in [-0.15, -0.1) is 0 Å². The van der Waals surface area contributed by atoms with E-state index < -0.39 is 9.84 Å². The van der Waals surface area contributed by atoms with E-state index in [0.717, 1.165) is 19.5 Å². The van der Waals surface area contributed by atoms with Crippen LogP contribution >= 0.6 is 0 Å². The maximum absolute atomic E-state index is 12.4. The minimum atomic E-state index is -3.07. The Bertz CT molecular complexity index is 907. The number of rotatable bonds is 6. The second-order valence-corrected chi connectivity index (χ2v) is 9.46. The molecule has 1 aliphatic heterocycles. The molecule has 0 radical (unpaired) electrons. The Balaban J connectivity index is 1.53. The molecule has 1 amide bonds. The number of hydrogen-bond donors (Lipinski definition) is 1. The van der Waals surface area contributed by atoms with Crippen molar-refractivity contribution in [2.45, 2.75) is 31.7 Å². The van der Waals surface area contributed by atoms with Crippen molar-refractivity contribution in [1.82, 2.24) is 10.2 Å². The highest BCUT2D eigenvalue weighted by Crippen LogP contribution is 2.20. The van der Waals surface area contributed by atoms with Crippen molar-refractivity contribution in [1.29, 1.82) is 0 Å². The summed E-state index contributed by atoms with van der Waals surface area (Å²) in [6.07, 6.45) is 2.24. The van der Waals surface area contributed by atoms with E-state index in [1.54, 1.807) is 24.3 Å². The number of carbonyl (C=O) groups excluding carboxylic acids is 1. The molecule has 0 saturated heterocycles. The predicted octanol–water partition coefficient (Wildman–Crippen LogP) is 2.41. The molecule has 5 nitrogen and oxygen atoms in total. The quantitative estimate of drug-likeness (QED) is 0.828. The predicted molar refractivity (Wildman–Crippen MR) is 107 cm³/mol. The third-order valence-corrected chi connectivity index (χ3v) is 5.84. The first-order valence-electron chi connectivity index (χ1n) is 9.17. The maximum Gasteiger partial charge on any atom is 0.251 e. The minimum absolute atomic E-state index is 0.0115. The molecule has 0 aliphatic carbocycles. The molecule has 1 heterocycles. The van der Waals surface area contributed by atoms with Crippen LogP contribution in [0.5, 0.6) is 0 Å². The van der Waals surface area contributed by atoms with Crippen LogP contribution in [0.2, 0.25) is 0 Å². The van der Waals surface area contributed by atoms with Crippen molar-refractivity contribution in [2.24, 2.45) is 0 Å². The first-order chi connectivity index (χ1) is 12.8. The van der Waals surface area contributed by atoms with Crippen molar-refractivity contribution in [2.75, 3.05) is 19.3 Å². The molecular formula is C21H26N2O3S. The summed E-state index contributed by atoms with van der Waals surface area (Å²) < 4.78 is 22.7. The van der Waals surface area contributed by atoms with Crippen LogP contribution in [-0.4, -0.2) is 44.6 Å². The molecule has 0 aromatic heterocycles. The van der Waals surface area contributed by atoms with Crippen LogP contribution < -0.4 is 5.32 Å². The minimum Gasteiger partial charge on any atom is -0.350 e. The molecule has 144 valence electrons. The van der Waals surface area contributed by atoms with E-state index in [1.165, 1.54) is 17.4 Å². The Labute approximate surface area is 161 Å². The molecule has 0 saturated carbocycles. The number of nitrogens with zero attached hydrogens (tertiary/aromatic N) is 1. The third-order valence-electron chi connectivity index (χ3n) is 4.99. The molecule has 2 aromatic rings. The van der Waals surface area contributed by atoms with E-state index in [1.807, 2.05) is 0 Å². The van der Waals surface area contributed by atoms with Crippen LogP contribution in [-0.2, 0) is 28.6 Å². The lowest BCUT2D eigenvalue weighted by molar-refractivity contribution is 0.0932. The standard InChI is InChI=1S/C21H26N2O3S/c1-16(23-12-11-18-5-3-4-6-20(18)14-23)13-22-21(24)19-9-7-17(8-10-19)15-27(2,25)26/h3-10,16H,11-15H2,1-2H3,(H,22,24). The highest BCUT2D eigenvalue weighted by molar-refractivity contribution is 7.89. The second-order valence-electron chi connectivity index (χ2n) is 7.32. The van der Waals surface area contributed by atoms with Crippen LogP contribution in [0, 0.1) is 0 Å². The molecule has 1 atom stereocenters. The third kappa shape index (κ3) is 5.40. The number of hydrogen-bond acceptors (Lipinski definition) is 4. The largest absolute Gasteiger partial charge is 0.350 e. The van der Waals surface area contributed by atoms with Crippen molar-refractivity contribution in [3.8, 4) is 0 Å². The summed E-state index contributed by atoms with van der Waals surface area (Å²) in [6.45, 7) is 4.61. The molecule has 0 fully saturated rings. The fourth-order valence-electron chi connectivity index (χ4n) is 3.42. The lowest BCUT2D eigenvalue weighted by atomic mass is 9.99. The summed E-state index contributed by atoms with van der Waals surface area (Å²) in [5.74, 6) is -0.146. The zero-order chi connectivity index (χ0) is 19.4. The Kier molecular flexibility index (Phi) is 5.97. The smallest absolute Gasteiger partial charge is 0.251 e. The van der Waals surface area contributed by atoms with Gasteiger partial charge in [-0.1, -0.05) is 36.4 Å². The van der Waals surface area contributed by atoms with E-state index in [4.69, 9.17) is 0 Å².